The number of Topliss-reactive ketones (excluding diaryl/α,β-unsaturated/α-hetero) is 1. The third-order valence-corrected chi connectivity index (χ3v) is 7.19. The fraction of sp³-hybridized carbons (Fsp3) is 0.409. The lowest BCUT2D eigenvalue weighted by Crippen LogP contribution is -2.49. The molecule has 0 atom stereocenters. The molecular formula is C22H28N2O4S. The number of benzene rings is 2. The van der Waals surface area contributed by atoms with Crippen molar-refractivity contribution in [2.24, 2.45) is 0 Å². The van der Waals surface area contributed by atoms with Gasteiger partial charge in [-0.15, -0.1) is 0 Å². The van der Waals surface area contributed by atoms with Gasteiger partial charge in [-0.1, -0.05) is 38.1 Å². The molecule has 0 amide bonds. The number of piperazine rings is 1. The number of sulfonamides is 1. The van der Waals surface area contributed by atoms with Gasteiger partial charge in [0.2, 0.25) is 10.0 Å². The number of carbonyl (C=O) groups is 1. The van der Waals surface area contributed by atoms with Gasteiger partial charge in [0.05, 0.1) is 18.6 Å². The molecule has 0 spiro atoms. The molecule has 1 heterocycles. The van der Waals surface area contributed by atoms with Crippen LogP contribution < -0.4 is 4.74 Å². The number of nitrogens with zero attached hydrogens (tertiary/aromatic N) is 2. The molecule has 0 aliphatic carbocycles. The number of rotatable bonds is 7. The highest BCUT2D eigenvalue weighted by atomic mass is 32.2. The van der Waals surface area contributed by atoms with E-state index < -0.39 is 10.0 Å². The molecule has 1 aliphatic rings. The molecule has 1 saturated heterocycles. The summed E-state index contributed by atoms with van der Waals surface area (Å²) in [5.41, 5.74) is 1.72. The SMILES string of the molecule is COc1cccc(C(=O)CN2CCN(S(=O)(=O)c3ccc(C(C)C)cc3)CC2)c1. The summed E-state index contributed by atoms with van der Waals surface area (Å²) in [4.78, 5) is 14.9. The highest BCUT2D eigenvalue weighted by Crippen LogP contribution is 2.21. The average Bonchev–Trinajstić information content (AvgIpc) is 2.74. The van der Waals surface area contributed by atoms with Crippen LogP contribution in [-0.2, 0) is 10.0 Å². The Hall–Kier alpha value is -2.22. The Morgan fingerprint density at radius 3 is 2.28 bits per heavy atom. The van der Waals surface area contributed by atoms with E-state index >= 15 is 0 Å². The standard InChI is InChI=1S/C22H28N2O4S/c1-17(2)18-7-9-21(10-8-18)29(26,27)24-13-11-23(12-14-24)16-22(25)19-5-4-6-20(15-19)28-3/h4-10,15,17H,11-14,16H2,1-3H3. The van der Waals surface area contributed by atoms with Crippen LogP contribution in [0.5, 0.6) is 5.75 Å². The van der Waals surface area contributed by atoms with Crippen molar-refractivity contribution in [1.82, 2.24) is 9.21 Å². The van der Waals surface area contributed by atoms with Gasteiger partial charge in [0.1, 0.15) is 5.75 Å². The maximum atomic E-state index is 12.9. The van der Waals surface area contributed by atoms with Gasteiger partial charge in [-0.05, 0) is 35.7 Å². The molecule has 7 heteroatoms. The number of hydrogen-bond donors (Lipinski definition) is 0. The van der Waals surface area contributed by atoms with Crippen molar-refractivity contribution < 1.29 is 17.9 Å². The minimum absolute atomic E-state index is 0.00415. The molecule has 0 bridgehead atoms. The Labute approximate surface area is 173 Å². The Bertz CT molecular complexity index is 947. The molecule has 0 radical (unpaired) electrons. The van der Waals surface area contributed by atoms with Gasteiger partial charge >= 0.3 is 0 Å². The second-order valence-electron chi connectivity index (χ2n) is 7.56. The number of methoxy groups -OCH3 is 1. The summed E-state index contributed by atoms with van der Waals surface area (Å²) in [5.74, 6) is 1.01. The van der Waals surface area contributed by atoms with Crippen molar-refractivity contribution in [3.8, 4) is 5.75 Å². The summed E-state index contributed by atoms with van der Waals surface area (Å²) in [5, 5.41) is 0. The van der Waals surface area contributed by atoms with Gasteiger partial charge in [-0.2, -0.15) is 4.31 Å². The van der Waals surface area contributed by atoms with Crippen molar-refractivity contribution >= 4 is 15.8 Å². The predicted molar refractivity (Wildman–Crippen MR) is 113 cm³/mol. The summed E-state index contributed by atoms with van der Waals surface area (Å²) in [6, 6.07) is 14.2. The van der Waals surface area contributed by atoms with Crippen LogP contribution in [0.1, 0.15) is 35.7 Å². The first-order valence-electron chi connectivity index (χ1n) is 9.81. The van der Waals surface area contributed by atoms with E-state index in [2.05, 4.69) is 13.8 Å². The summed E-state index contributed by atoms with van der Waals surface area (Å²) >= 11 is 0. The van der Waals surface area contributed by atoms with Gasteiger partial charge in [0, 0.05) is 31.7 Å². The monoisotopic (exact) mass is 416 g/mol. The van der Waals surface area contributed by atoms with Crippen LogP contribution in [0.15, 0.2) is 53.4 Å². The van der Waals surface area contributed by atoms with E-state index in [0.29, 0.717) is 48.3 Å². The van der Waals surface area contributed by atoms with Crippen LogP contribution in [0.25, 0.3) is 0 Å². The van der Waals surface area contributed by atoms with Crippen LogP contribution in [0.4, 0.5) is 0 Å². The van der Waals surface area contributed by atoms with Crippen LogP contribution in [0, 0.1) is 0 Å². The average molecular weight is 417 g/mol. The van der Waals surface area contributed by atoms with E-state index in [-0.39, 0.29) is 12.3 Å². The van der Waals surface area contributed by atoms with Gasteiger partial charge < -0.3 is 4.74 Å². The zero-order valence-electron chi connectivity index (χ0n) is 17.2. The Morgan fingerprint density at radius 1 is 1.03 bits per heavy atom. The van der Waals surface area contributed by atoms with E-state index in [0.717, 1.165) is 5.56 Å². The van der Waals surface area contributed by atoms with E-state index in [1.807, 2.05) is 17.0 Å². The number of hydrogen-bond acceptors (Lipinski definition) is 5. The Morgan fingerprint density at radius 2 is 1.69 bits per heavy atom. The molecular weight excluding hydrogens is 388 g/mol. The minimum Gasteiger partial charge on any atom is -0.497 e. The number of carbonyl (C=O) groups excluding carboxylic acids is 1. The summed E-state index contributed by atoms with van der Waals surface area (Å²) in [6.07, 6.45) is 0. The predicted octanol–water partition coefficient (Wildman–Crippen LogP) is 3.01. The van der Waals surface area contributed by atoms with E-state index in [1.165, 1.54) is 4.31 Å². The molecule has 156 valence electrons. The second kappa shape index (κ2) is 9.07. The van der Waals surface area contributed by atoms with Gasteiger partial charge in [0.15, 0.2) is 5.78 Å². The maximum absolute atomic E-state index is 12.9. The third-order valence-electron chi connectivity index (χ3n) is 5.27. The minimum atomic E-state index is -3.51. The zero-order valence-corrected chi connectivity index (χ0v) is 18.0. The molecule has 2 aromatic rings. The maximum Gasteiger partial charge on any atom is 0.243 e. The quantitative estimate of drug-likeness (QED) is 0.649. The highest BCUT2D eigenvalue weighted by Gasteiger charge is 2.29. The summed E-state index contributed by atoms with van der Waals surface area (Å²) in [6.45, 7) is 6.23. The van der Waals surface area contributed by atoms with E-state index in [1.54, 1.807) is 43.5 Å². The van der Waals surface area contributed by atoms with E-state index in [9.17, 15) is 13.2 Å². The molecule has 1 fully saturated rings. The van der Waals surface area contributed by atoms with Crippen molar-refractivity contribution in [3.05, 3.63) is 59.7 Å². The highest BCUT2D eigenvalue weighted by molar-refractivity contribution is 7.89. The molecule has 1 aliphatic heterocycles. The molecule has 6 nitrogen and oxygen atoms in total. The number of ketones is 1. The molecule has 0 saturated carbocycles. The van der Waals surface area contributed by atoms with Gasteiger partial charge in [-0.3, -0.25) is 9.69 Å². The number of ether oxygens (including phenoxy) is 1. The molecule has 0 aromatic heterocycles. The lowest BCUT2D eigenvalue weighted by atomic mass is 10.0. The van der Waals surface area contributed by atoms with Crippen LogP contribution in [0.2, 0.25) is 0 Å². The lowest BCUT2D eigenvalue weighted by molar-refractivity contribution is 0.0901. The van der Waals surface area contributed by atoms with Crippen molar-refractivity contribution in [3.63, 3.8) is 0 Å². The topological polar surface area (TPSA) is 66.9 Å². The van der Waals surface area contributed by atoms with Crippen molar-refractivity contribution in [2.45, 2.75) is 24.7 Å². The second-order valence-corrected chi connectivity index (χ2v) is 9.50. The lowest BCUT2D eigenvalue weighted by Gasteiger charge is -2.33. The first-order chi connectivity index (χ1) is 13.8. The molecule has 0 N–H and O–H groups in total. The summed E-state index contributed by atoms with van der Waals surface area (Å²) in [7, 11) is -1.94. The first-order valence-corrected chi connectivity index (χ1v) is 11.2. The zero-order chi connectivity index (χ0) is 21.0. The fourth-order valence-corrected chi connectivity index (χ4v) is 4.81. The molecule has 3 rings (SSSR count). The van der Waals surface area contributed by atoms with Crippen LogP contribution >= 0.6 is 0 Å². The first kappa shape index (κ1) is 21.5. The van der Waals surface area contributed by atoms with Crippen molar-refractivity contribution in [1.29, 1.82) is 0 Å². The molecule has 29 heavy (non-hydrogen) atoms. The summed E-state index contributed by atoms with van der Waals surface area (Å²) < 4.78 is 32.5. The van der Waals surface area contributed by atoms with Crippen LogP contribution in [0.3, 0.4) is 0 Å². The Balaban J connectivity index is 1.60. The smallest absolute Gasteiger partial charge is 0.243 e. The van der Waals surface area contributed by atoms with Crippen molar-refractivity contribution in [2.75, 3.05) is 39.8 Å². The largest absolute Gasteiger partial charge is 0.497 e. The Kier molecular flexibility index (Phi) is 6.72. The van der Waals surface area contributed by atoms with Gasteiger partial charge in [-0.25, -0.2) is 8.42 Å². The third kappa shape index (κ3) is 5.04. The normalized spacial score (nSPS) is 16.1. The van der Waals surface area contributed by atoms with Gasteiger partial charge in [0.25, 0.3) is 0 Å². The fourth-order valence-electron chi connectivity index (χ4n) is 3.39. The van der Waals surface area contributed by atoms with Crippen LogP contribution in [-0.4, -0.2) is 63.2 Å². The molecule has 0 unspecified atom stereocenters. The molecule has 2 aromatic carbocycles. The van der Waals surface area contributed by atoms with E-state index in [4.69, 9.17) is 4.74 Å².